The molecule has 0 aliphatic rings. The molecule has 0 aliphatic carbocycles. The van der Waals surface area contributed by atoms with Crippen LogP contribution < -0.4 is 14.7 Å². The summed E-state index contributed by atoms with van der Waals surface area (Å²) in [5.74, 6) is 0. The molecule has 0 amide bonds. The average molecular weight is 1560 g/mol. The van der Waals surface area contributed by atoms with Gasteiger partial charge in [-0.3, -0.25) is 0 Å². The Kier molecular flexibility index (Phi) is 57.0. The molecule has 0 aromatic heterocycles. The normalized spacial score (nSPS) is 9.20. The first-order valence-electron chi connectivity index (χ1n) is 44.0. The summed E-state index contributed by atoms with van der Waals surface area (Å²) in [7, 11) is 0. The monoisotopic (exact) mass is 1560 g/mol. The van der Waals surface area contributed by atoms with E-state index < -0.39 is 0 Å². The van der Waals surface area contributed by atoms with Gasteiger partial charge in [0.25, 0.3) is 0 Å². The van der Waals surface area contributed by atoms with Crippen LogP contribution in [0.3, 0.4) is 0 Å². The lowest BCUT2D eigenvalue weighted by Crippen LogP contribution is -2.10. The van der Waals surface area contributed by atoms with Crippen LogP contribution >= 0.6 is 0 Å². The number of aryl methyl sites for hydroxylation is 10. The number of hydrogen-bond acceptors (Lipinski definition) is 3. The van der Waals surface area contributed by atoms with Gasteiger partial charge in [-0.05, 0) is 261 Å². The molecule has 0 aliphatic heterocycles. The number of benzene rings is 15. The lowest BCUT2D eigenvalue weighted by molar-refractivity contribution is 1.26. The smallest absolute Gasteiger partial charge is 0.0464 e. The molecule has 0 saturated heterocycles. The number of hydrogen-bond donors (Lipinski definition) is 0. The topological polar surface area (TPSA) is 9.72 Å². The minimum atomic E-state index is 1.17. The Morgan fingerprint density at radius 1 is 0.128 bits per heavy atom. The molecule has 15 aromatic carbocycles. The maximum Gasteiger partial charge on any atom is 0.0464 e. The van der Waals surface area contributed by atoms with Crippen molar-refractivity contribution in [3.05, 3.63) is 389 Å². The van der Waals surface area contributed by atoms with Crippen LogP contribution in [-0.4, -0.2) is 0 Å². The fourth-order valence-electron chi connectivity index (χ4n) is 12.3. The zero-order valence-electron chi connectivity index (χ0n) is 78.6. The van der Waals surface area contributed by atoms with Gasteiger partial charge in [-0.2, -0.15) is 0 Å². The summed E-state index contributed by atoms with van der Waals surface area (Å²) in [6.07, 6.45) is 0. The van der Waals surface area contributed by atoms with Gasteiger partial charge in [-0.25, -0.2) is 0 Å². The van der Waals surface area contributed by atoms with Crippen LogP contribution in [0.25, 0.3) is 43.1 Å². The zero-order chi connectivity index (χ0) is 88.2. The van der Waals surface area contributed by atoms with Crippen LogP contribution in [0.4, 0.5) is 51.2 Å². The number of para-hydroxylation sites is 3. The van der Waals surface area contributed by atoms with Crippen molar-refractivity contribution in [1.82, 2.24) is 0 Å². The number of anilines is 9. The van der Waals surface area contributed by atoms with Gasteiger partial charge in [-0.1, -0.05) is 392 Å². The third kappa shape index (κ3) is 33.8. The van der Waals surface area contributed by atoms with Crippen molar-refractivity contribution in [2.24, 2.45) is 0 Å². The first kappa shape index (κ1) is 106. The molecular formula is C114H151N3. The largest absolute Gasteiger partial charge is 0.311 e. The lowest BCUT2D eigenvalue weighted by atomic mass is 9.93. The van der Waals surface area contributed by atoms with Gasteiger partial charge in [0.15, 0.2) is 0 Å². The van der Waals surface area contributed by atoms with E-state index in [-0.39, 0.29) is 0 Å². The summed E-state index contributed by atoms with van der Waals surface area (Å²) >= 11 is 0. The van der Waals surface area contributed by atoms with Gasteiger partial charge < -0.3 is 14.7 Å². The van der Waals surface area contributed by atoms with Crippen molar-refractivity contribution in [3.8, 4) is 0 Å². The molecule has 3 nitrogen and oxygen atoms in total. The summed E-state index contributed by atoms with van der Waals surface area (Å²) in [4.78, 5) is 6.85. The SMILES string of the molecule is CC.CC.CC.CC.CC.CC.CC.CC.CC.CC.CC.Cc1c2ccccc2c(C)c2ccccc12.Cc1ccc(N(c2ccccc2)c2ccc(C)cc2)cc1.Cc1ccc(N(c2ccccc2)c2cccc(C)c2)cc1.Cc1ccc2cc3cc(C)ccc3cc2c1.Cc1cccc(N(c2ccccc2)c2cccc(C)c2)c1. The maximum atomic E-state index is 2.29. The van der Waals surface area contributed by atoms with E-state index in [1.54, 1.807) is 0 Å². The van der Waals surface area contributed by atoms with E-state index in [0.717, 1.165) is 0 Å². The predicted octanol–water partition coefficient (Wildman–Crippen LogP) is 37.8. The molecule has 15 aromatic rings. The Morgan fingerprint density at radius 3 is 0.538 bits per heavy atom. The number of fused-ring (bicyclic) bond motifs is 4. The average Bonchev–Trinajstić information content (AvgIpc) is 0.761. The van der Waals surface area contributed by atoms with Gasteiger partial charge in [0.05, 0.1) is 0 Å². The molecular weight excluding hydrogens is 1410 g/mol. The van der Waals surface area contributed by atoms with Crippen LogP contribution in [0.5, 0.6) is 0 Å². The van der Waals surface area contributed by atoms with E-state index in [1.165, 1.54) is 150 Å². The first-order valence-corrected chi connectivity index (χ1v) is 44.0. The van der Waals surface area contributed by atoms with Gasteiger partial charge in [0, 0.05) is 51.2 Å². The van der Waals surface area contributed by atoms with Gasteiger partial charge in [0.1, 0.15) is 0 Å². The van der Waals surface area contributed by atoms with Crippen LogP contribution in [0.1, 0.15) is 208 Å². The fraction of sp³-hybridized carbons (Fsp3) is 0.281. The number of rotatable bonds is 9. The highest BCUT2D eigenvalue weighted by molar-refractivity contribution is 6.05. The maximum absolute atomic E-state index is 2.29. The molecule has 0 unspecified atom stereocenters. The highest BCUT2D eigenvalue weighted by atomic mass is 15.2. The second-order valence-corrected chi connectivity index (χ2v) is 24.9. The quantitative estimate of drug-likeness (QED) is 0.133. The number of nitrogens with zero attached hydrogens (tertiary/aromatic N) is 3. The standard InChI is InChI=1S/3C20H19N.2C16H14.11C2H6/c1-16-8-6-12-19(14-16)21(18-10-4-3-5-11-18)20-13-7-9-17(2)15-20;1-16-11-13-19(14-12-16)21(18-8-4-3-5-9-18)20-10-6-7-17(2)15-20;1-16-8-12-19(13-9-16)21(18-6-4-3-5-7-18)20-14-10-17(2)11-15-20;1-11-3-5-13-10-16-8-12(2)4-6-14(16)9-15(13)7-11;1-11-13-7-3-5-9-15(13)12(2)16-10-6-4-8-14(11)16;11*1-2/h3*3-15H,1-2H3;2*3-10H,1-2H3;11*1-2H3. The molecule has 0 fully saturated rings. The summed E-state index contributed by atoms with van der Waals surface area (Å²) in [6.45, 7) is 65.4. The van der Waals surface area contributed by atoms with Gasteiger partial charge in [0.2, 0.25) is 0 Å². The lowest BCUT2D eigenvalue weighted by Gasteiger charge is -2.26. The van der Waals surface area contributed by atoms with Crippen molar-refractivity contribution in [2.75, 3.05) is 14.7 Å². The van der Waals surface area contributed by atoms with Crippen LogP contribution in [0.2, 0.25) is 0 Å². The molecule has 117 heavy (non-hydrogen) atoms. The molecule has 0 saturated carbocycles. The van der Waals surface area contributed by atoms with E-state index in [2.05, 4.69) is 399 Å². The molecule has 0 spiro atoms. The van der Waals surface area contributed by atoms with Crippen molar-refractivity contribution in [2.45, 2.75) is 222 Å². The molecule has 15 rings (SSSR count). The predicted molar refractivity (Wildman–Crippen MR) is 538 cm³/mol. The molecule has 3 heteroatoms. The third-order valence-corrected chi connectivity index (χ3v) is 17.3. The Hall–Kier alpha value is -11.3. The summed E-state index contributed by atoms with van der Waals surface area (Å²) in [5.41, 5.74) is 23.6. The van der Waals surface area contributed by atoms with Crippen LogP contribution in [0.15, 0.2) is 334 Å². The molecule has 0 N–H and O–H groups in total. The van der Waals surface area contributed by atoms with Crippen molar-refractivity contribution < 1.29 is 0 Å². The van der Waals surface area contributed by atoms with Gasteiger partial charge in [-0.15, -0.1) is 0 Å². The second-order valence-electron chi connectivity index (χ2n) is 24.9. The second kappa shape index (κ2) is 63.0. The van der Waals surface area contributed by atoms with E-state index in [1.807, 2.05) is 171 Å². The molecule has 0 atom stereocenters. The van der Waals surface area contributed by atoms with Crippen molar-refractivity contribution in [3.63, 3.8) is 0 Å². The van der Waals surface area contributed by atoms with Gasteiger partial charge >= 0.3 is 0 Å². The minimum absolute atomic E-state index is 1.17. The minimum Gasteiger partial charge on any atom is -0.311 e. The van der Waals surface area contributed by atoms with E-state index in [0.29, 0.717) is 0 Å². The van der Waals surface area contributed by atoms with E-state index >= 15 is 0 Å². The molecule has 622 valence electrons. The molecule has 0 radical (unpaired) electrons. The zero-order valence-corrected chi connectivity index (χ0v) is 78.6. The first-order chi connectivity index (χ1) is 57.2. The van der Waals surface area contributed by atoms with Crippen LogP contribution in [0, 0.1) is 69.2 Å². The molecule has 0 heterocycles. The summed E-state index contributed by atoms with van der Waals surface area (Å²) in [6, 6.07) is 118. The van der Waals surface area contributed by atoms with Crippen LogP contribution in [-0.2, 0) is 0 Å². The highest BCUT2D eigenvalue weighted by Crippen LogP contribution is 2.39. The summed E-state index contributed by atoms with van der Waals surface area (Å²) < 4.78 is 0. The fourth-order valence-corrected chi connectivity index (χ4v) is 12.3. The molecule has 0 bridgehead atoms. The summed E-state index contributed by atoms with van der Waals surface area (Å²) in [5, 5.41) is 10.8. The van der Waals surface area contributed by atoms with Crippen molar-refractivity contribution >= 4 is 94.3 Å². The highest BCUT2D eigenvalue weighted by Gasteiger charge is 2.15. The third-order valence-electron chi connectivity index (χ3n) is 17.3. The Labute approximate surface area is 715 Å². The Balaban J connectivity index is 0.00000136. The van der Waals surface area contributed by atoms with Crippen molar-refractivity contribution in [1.29, 1.82) is 0 Å². The van der Waals surface area contributed by atoms with E-state index in [9.17, 15) is 0 Å². The Morgan fingerprint density at radius 2 is 0.308 bits per heavy atom. The van der Waals surface area contributed by atoms with E-state index in [4.69, 9.17) is 0 Å². The Bertz CT molecular complexity index is 4710.